The zero-order valence-electron chi connectivity index (χ0n) is 9.47. The number of aromatic nitrogens is 2. The predicted molar refractivity (Wildman–Crippen MR) is 67.7 cm³/mol. The Morgan fingerprint density at radius 1 is 1.38 bits per heavy atom. The summed E-state index contributed by atoms with van der Waals surface area (Å²) in [6.07, 6.45) is 4.47. The van der Waals surface area contributed by atoms with Crippen LogP contribution in [-0.4, -0.2) is 9.97 Å². The Kier molecular flexibility index (Phi) is 3.51. The molecule has 0 fully saturated rings. The Balaban J connectivity index is 2.17. The van der Waals surface area contributed by atoms with E-state index in [9.17, 15) is 0 Å². The molecule has 3 nitrogen and oxygen atoms in total. The number of aryl methyl sites for hydroxylation is 1. The fraction of sp³-hybridized carbons (Fsp3) is 0.333. The summed E-state index contributed by atoms with van der Waals surface area (Å²) in [6, 6.07) is 4.56. The van der Waals surface area contributed by atoms with Gasteiger partial charge < -0.3 is 5.32 Å². The van der Waals surface area contributed by atoms with E-state index in [1.54, 1.807) is 23.7 Å². The van der Waals surface area contributed by atoms with Gasteiger partial charge in [-0.15, -0.1) is 11.3 Å². The molecule has 0 bridgehead atoms. The molecular formula is C12H15N3S. The minimum atomic E-state index is 0.329. The molecule has 0 saturated carbocycles. The third kappa shape index (κ3) is 2.39. The first-order chi connectivity index (χ1) is 7.81. The maximum Gasteiger partial charge on any atom is 0.147 e. The first-order valence-electron chi connectivity index (χ1n) is 5.38. The van der Waals surface area contributed by atoms with Crippen LogP contribution in [0.4, 0.5) is 5.82 Å². The van der Waals surface area contributed by atoms with Crippen LogP contribution >= 0.6 is 11.3 Å². The molecular weight excluding hydrogens is 218 g/mol. The molecule has 0 aromatic carbocycles. The van der Waals surface area contributed by atoms with Crippen molar-refractivity contribution in [2.75, 3.05) is 5.32 Å². The van der Waals surface area contributed by atoms with E-state index in [2.05, 4.69) is 39.7 Å². The van der Waals surface area contributed by atoms with E-state index < -0.39 is 0 Å². The highest BCUT2D eigenvalue weighted by atomic mass is 32.1. The van der Waals surface area contributed by atoms with Gasteiger partial charge in [0.25, 0.3) is 0 Å². The van der Waals surface area contributed by atoms with Gasteiger partial charge in [0, 0.05) is 17.3 Å². The van der Waals surface area contributed by atoms with Gasteiger partial charge in [0.05, 0.1) is 11.7 Å². The number of anilines is 1. The van der Waals surface area contributed by atoms with Crippen molar-refractivity contribution < 1.29 is 0 Å². The van der Waals surface area contributed by atoms with E-state index in [-0.39, 0.29) is 0 Å². The van der Waals surface area contributed by atoms with E-state index in [4.69, 9.17) is 0 Å². The Labute approximate surface area is 99.6 Å². The standard InChI is InChI=1S/C12H15N3S/c1-3-10(11-5-4-8-16-11)15-12-9(2)13-6-7-14-12/h4-8,10H,3H2,1-2H3,(H,14,15). The SMILES string of the molecule is CCC(Nc1nccnc1C)c1cccs1. The molecule has 0 aliphatic heterocycles. The van der Waals surface area contributed by atoms with Crippen molar-refractivity contribution in [1.29, 1.82) is 0 Å². The van der Waals surface area contributed by atoms with Gasteiger partial charge in [-0.1, -0.05) is 13.0 Å². The molecule has 84 valence electrons. The molecule has 0 radical (unpaired) electrons. The van der Waals surface area contributed by atoms with Crippen LogP contribution in [0.5, 0.6) is 0 Å². The van der Waals surface area contributed by atoms with Crippen LogP contribution in [-0.2, 0) is 0 Å². The van der Waals surface area contributed by atoms with Crippen LogP contribution in [0.3, 0.4) is 0 Å². The molecule has 2 rings (SSSR count). The Morgan fingerprint density at radius 2 is 2.19 bits per heavy atom. The van der Waals surface area contributed by atoms with Crippen LogP contribution in [0.25, 0.3) is 0 Å². The van der Waals surface area contributed by atoms with Crippen molar-refractivity contribution >= 4 is 17.2 Å². The second kappa shape index (κ2) is 5.07. The molecule has 0 aliphatic carbocycles. The maximum atomic E-state index is 4.31. The van der Waals surface area contributed by atoms with E-state index in [0.29, 0.717) is 6.04 Å². The molecule has 4 heteroatoms. The normalized spacial score (nSPS) is 12.4. The van der Waals surface area contributed by atoms with Gasteiger partial charge in [0.2, 0.25) is 0 Å². The molecule has 0 saturated heterocycles. The van der Waals surface area contributed by atoms with Gasteiger partial charge in [-0.05, 0) is 24.8 Å². The molecule has 1 atom stereocenters. The highest BCUT2D eigenvalue weighted by Gasteiger charge is 2.11. The number of hydrogen-bond acceptors (Lipinski definition) is 4. The van der Waals surface area contributed by atoms with Gasteiger partial charge in [0.15, 0.2) is 0 Å². The van der Waals surface area contributed by atoms with E-state index in [1.807, 2.05) is 6.92 Å². The summed E-state index contributed by atoms with van der Waals surface area (Å²) in [5, 5.41) is 5.54. The largest absolute Gasteiger partial charge is 0.361 e. The Morgan fingerprint density at radius 3 is 2.81 bits per heavy atom. The second-order valence-electron chi connectivity index (χ2n) is 3.61. The van der Waals surface area contributed by atoms with Crippen LogP contribution in [0.1, 0.15) is 30.0 Å². The minimum Gasteiger partial charge on any atom is -0.361 e. The lowest BCUT2D eigenvalue weighted by molar-refractivity contribution is 0.755. The van der Waals surface area contributed by atoms with Gasteiger partial charge in [0.1, 0.15) is 5.82 Å². The van der Waals surface area contributed by atoms with Crippen LogP contribution in [0, 0.1) is 6.92 Å². The van der Waals surface area contributed by atoms with Gasteiger partial charge in [-0.2, -0.15) is 0 Å². The zero-order valence-corrected chi connectivity index (χ0v) is 10.3. The van der Waals surface area contributed by atoms with Gasteiger partial charge in [-0.3, -0.25) is 4.98 Å². The van der Waals surface area contributed by atoms with Gasteiger partial charge >= 0.3 is 0 Å². The monoisotopic (exact) mass is 233 g/mol. The summed E-state index contributed by atoms with van der Waals surface area (Å²) in [5.74, 6) is 0.878. The highest BCUT2D eigenvalue weighted by Crippen LogP contribution is 2.25. The lowest BCUT2D eigenvalue weighted by Crippen LogP contribution is -2.10. The Hall–Kier alpha value is -1.42. The molecule has 2 heterocycles. The number of thiophene rings is 1. The summed E-state index contributed by atoms with van der Waals surface area (Å²) >= 11 is 1.77. The fourth-order valence-corrected chi connectivity index (χ4v) is 2.44. The van der Waals surface area contributed by atoms with E-state index >= 15 is 0 Å². The lowest BCUT2D eigenvalue weighted by atomic mass is 10.2. The van der Waals surface area contributed by atoms with Crippen molar-refractivity contribution in [2.24, 2.45) is 0 Å². The van der Waals surface area contributed by atoms with Crippen molar-refractivity contribution in [3.63, 3.8) is 0 Å². The molecule has 2 aromatic rings. The lowest BCUT2D eigenvalue weighted by Gasteiger charge is -2.16. The third-order valence-corrected chi connectivity index (χ3v) is 3.47. The maximum absolute atomic E-state index is 4.31. The summed E-state index contributed by atoms with van der Waals surface area (Å²) in [4.78, 5) is 9.87. The second-order valence-corrected chi connectivity index (χ2v) is 4.59. The topological polar surface area (TPSA) is 37.8 Å². The van der Waals surface area contributed by atoms with Crippen molar-refractivity contribution in [3.05, 3.63) is 40.5 Å². The molecule has 0 spiro atoms. The summed E-state index contributed by atoms with van der Waals surface area (Å²) in [5.41, 5.74) is 0.942. The minimum absolute atomic E-state index is 0.329. The summed E-state index contributed by atoms with van der Waals surface area (Å²) < 4.78 is 0. The number of nitrogens with zero attached hydrogens (tertiary/aromatic N) is 2. The Bertz CT molecular complexity index is 439. The molecule has 2 aromatic heterocycles. The summed E-state index contributed by atoms with van der Waals surface area (Å²) in [6.45, 7) is 4.14. The smallest absolute Gasteiger partial charge is 0.147 e. The van der Waals surface area contributed by atoms with E-state index in [1.165, 1.54) is 4.88 Å². The first kappa shape index (κ1) is 11.1. The number of rotatable bonds is 4. The third-order valence-electron chi connectivity index (χ3n) is 2.49. The van der Waals surface area contributed by atoms with Crippen LogP contribution < -0.4 is 5.32 Å². The molecule has 0 aliphatic rings. The van der Waals surface area contributed by atoms with Gasteiger partial charge in [-0.25, -0.2) is 4.98 Å². The number of hydrogen-bond donors (Lipinski definition) is 1. The molecule has 16 heavy (non-hydrogen) atoms. The predicted octanol–water partition coefficient (Wildman–Crippen LogP) is 3.41. The van der Waals surface area contributed by atoms with Crippen molar-refractivity contribution in [1.82, 2.24) is 9.97 Å². The average Bonchev–Trinajstić information content (AvgIpc) is 2.81. The fourth-order valence-electron chi connectivity index (χ4n) is 1.58. The van der Waals surface area contributed by atoms with Crippen molar-refractivity contribution in [3.8, 4) is 0 Å². The average molecular weight is 233 g/mol. The zero-order chi connectivity index (χ0) is 11.4. The molecule has 1 N–H and O–H groups in total. The first-order valence-corrected chi connectivity index (χ1v) is 6.26. The van der Waals surface area contributed by atoms with Crippen LogP contribution in [0.2, 0.25) is 0 Å². The highest BCUT2D eigenvalue weighted by molar-refractivity contribution is 7.10. The van der Waals surface area contributed by atoms with Crippen LogP contribution in [0.15, 0.2) is 29.9 Å². The quantitative estimate of drug-likeness (QED) is 0.879. The molecule has 0 amide bonds. The van der Waals surface area contributed by atoms with Crippen molar-refractivity contribution in [2.45, 2.75) is 26.3 Å². The molecule has 1 unspecified atom stereocenters. The number of nitrogens with one attached hydrogen (secondary N) is 1. The van der Waals surface area contributed by atoms with E-state index in [0.717, 1.165) is 17.9 Å². The summed E-state index contributed by atoms with van der Waals surface area (Å²) in [7, 11) is 0.